The minimum atomic E-state index is -1.18. The van der Waals surface area contributed by atoms with Gasteiger partial charge in [0.2, 0.25) is 0 Å². The van der Waals surface area contributed by atoms with Gasteiger partial charge in [0, 0.05) is 24.8 Å². The lowest BCUT2D eigenvalue weighted by molar-refractivity contribution is -0.232. The second-order valence-electron chi connectivity index (χ2n) is 8.17. The highest BCUT2D eigenvalue weighted by Crippen LogP contribution is 2.34. The fourth-order valence-corrected chi connectivity index (χ4v) is 4.70. The van der Waals surface area contributed by atoms with Crippen molar-refractivity contribution in [2.45, 2.75) is 49.9 Å². The quantitative estimate of drug-likeness (QED) is 0.485. The summed E-state index contributed by atoms with van der Waals surface area (Å²) in [5.74, 6) is -1.20. The molecule has 2 saturated heterocycles. The van der Waals surface area contributed by atoms with Crippen molar-refractivity contribution >= 4 is 17.9 Å². The zero-order valence-corrected chi connectivity index (χ0v) is 17.1. The summed E-state index contributed by atoms with van der Waals surface area (Å²) >= 11 is 0. The Balaban J connectivity index is 1.57. The summed E-state index contributed by atoms with van der Waals surface area (Å²) in [4.78, 5) is 45.0. The standard InChI is InChI=1S/C21H27N3O6/c1-28-18(25)11-23(10-15-6-4-5-9-22-15)16-7-2-3-8-17(16)24-12-19(26)30-21(13-24)14-29-20(21)27/h4-6,9,16-17H,2-3,7-8,10-14H2,1H3/t16?,17-,21-/m0/s1. The molecule has 9 heteroatoms. The highest BCUT2D eigenvalue weighted by molar-refractivity contribution is 5.89. The summed E-state index contributed by atoms with van der Waals surface area (Å²) in [7, 11) is 1.38. The minimum Gasteiger partial charge on any atom is -0.468 e. The van der Waals surface area contributed by atoms with Crippen molar-refractivity contribution in [2.75, 3.05) is 33.4 Å². The molecule has 162 valence electrons. The lowest BCUT2D eigenvalue weighted by Gasteiger charge is -2.50. The molecule has 3 atom stereocenters. The van der Waals surface area contributed by atoms with E-state index in [1.54, 1.807) is 6.20 Å². The Kier molecular flexibility index (Phi) is 6.01. The van der Waals surface area contributed by atoms with Crippen LogP contribution in [0.5, 0.6) is 0 Å². The SMILES string of the molecule is COC(=O)CN(Cc1ccccn1)C1CCCC[C@@H]1N1CC(=O)O[C@]2(COC2=O)C1. The van der Waals surface area contributed by atoms with Gasteiger partial charge in [0.1, 0.15) is 6.61 Å². The molecule has 1 aliphatic carbocycles. The maximum Gasteiger partial charge on any atom is 0.355 e. The molecule has 3 fully saturated rings. The molecule has 1 aromatic rings. The first kappa shape index (κ1) is 20.7. The van der Waals surface area contributed by atoms with E-state index in [1.807, 2.05) is 23.1 Å². The molecule has 4 rings (SSSR count). The van der Waals surface area contributed by atoms with Gasteiger partial charge in [-0.1, -0.05) is 18.9 Å². The molecular formula is C21H27N3O6. The van der Waals surface area contributed by atoms with Crippen molar-refractivity contribution < 1.29 is 28.6 Å². The number of hydrogen-bond donors (Lipinski definition) is 0. The van der Waals surface area contributed by atoms with E-state index in [0.29, 0.717) is 13.1 Å². The van der Waals surface area contributed by atoms with Crippen molar-refractivity contribution in [1.29, 1.82) is 0 Å². The van der Waals surface area contributed by atoms with Gasteiger partial charge in [-0.15, -0.1) is 0 Å². The fraction of sp³-hybridized carbons (Fsp3) is 0.619. The van der Waals surface area contributed by atoms with E-state index in [0.717, 1.165) is 31.4 Å². The van der Waals surface area contributed by atoms with Crippen LogP contribution < -0.4 is 0 Å². The topological polar surface area (TPSA) is 98.3 Å². The minimum absolute atomic E-state index is 0.0187. The number of carbonyl (C=O) groups is 3. The molecule has 0 amide bonds. The zero-order chi connectivity index (χ0) is 21.1. The number of rotatable bonds is 6. The number of nitrogens with zero attached hydrogens (tertiary/aromatic N) is 3. The van der Waals surface area contributed by atoms with Crippen molar-refractivity contribution in [3.8, 4) is 0 Å². The average Bonchev–Trinajstić information content (AvgIpc) is 2.77. The molecule has 9 nitrogen and oxygen atoms in total. The number of carbonyl (C=O) groups excluding carboxylic acids is 3. The Labute approximate surface area is 175 Å². The number of ether oxygens (including phenoxy) is 3. The molecule has 1 saturated carbocycles. The molecule has 2 aliphatic heterocycles. The monoisotopic (exact) mass is 417 g/mol. The van der Waals surface area contributed by atoms with E-state index in [2.05, 4.69) is 9.88 Å². The maximum absolute atomic E-state index is 12.3. The van der Waals surface area contributed by atoms with Gasteiger partial charge in [0.15, 0.2) is 0 Å². The fourth-order valence-electron chi connectivity index (χ4n) is 4.70. The lowest BCUT2D eigenvalue weighted by Crippen LogP contribution is -2.70. The van der Waals surface area contributed by atoms with Crippen LogP contribution in [0.3, 0.4) is 0 Å². The van der Waals surface area contributed by atoms with Crippen LogP contribution in [0.2, 0.25) is 0 Å². The van der Waals surface area contributed by atoms with Gasteiger partial charge in [-0.25, -0.2) is 4.79 Å². The number of methoxy groups -OCH3 is 1. The number of pyridine rings is 1. The first-order chi connectivity index (χ1) is 14.5. The van der Waals surface area contributed by atoms with E-state index in [-0.39, 0.29) is 37.7 Å². The van der Waals surface area contributed by atoms with Gasteiger partial charge in [-0.05, 0) is 25.0 Å². The summed E-state index contributed by atoms with van der Waals surface area (Å²) < 4.78 is 15.2. The van der Waals surface area contributed by atoms with Crippen molar-refractivity contribution in [3.05, 3.63) is 30.1 Å². The molecule has 3 heterocycles. The second kappa shape index (κ2) is 8.69. The Hall–Kier alpha value is -2.52. The van der Waals surface area contributed by atoms with Crippen LogP contribution in [0.4, 0.5) is 0 Å². The predicted octanol–water partition coefficient (Wildman–Crippen LogP) is 0.522. The second-order valence-corrected chi connectivity index (χ2v) is 8.17. The van der Waals surface area contributed by atoms with Crippen LogP contribution in [0.1, 0.15) is 31.4 Å². The van der Waals surface area contributed by atoms with Crippen LogP contribution >= 0.6 is 0 Å². The molecule has 1 spiro atoms. The number of morpholine rings is 1. The first-order valence-corrected chi connectivity index (χ1v) is 10.3. The summed E-state index contributed by atoms with van der Waals surface area (Å²) in [5, 5.41) is 0. The van der Waals surface area contributed by atoms with Crippen molar-refractivity contribution in [3.63, 3.8) is 0 Å². The van der Waals surface area contributed by atoms with Gasteiger partial charge in [-0.2, -0.15) is 0 Å². The maximum atomic E-state index is 12.3. The normalized spacial score (nSPS) is 29.3. The lowest BCUT2D eigenvalue weighted by atomic mass is 9.86. The van der Waals surface area contributed by atoms with Crippen molar-refractivity contribution in [2.24, 2.45) is 0 Å². The zero-order valence-electron chi connectivity index (χ0n) is 17.1. The largest absolute Gasteiger partial charge is 0.468 e. The molecule has 1 aromatic heterocycles. The van der Waals surface area contributed by atoms with Crippen LogP contribution in [0.25, 0.3) is 0 Å². The molecule has 3 aliphatic rings. The summed E-state index contributed by atoms with van der Waals surface area (Å²) in [6, 6.07) is 5.75. The number of cyclic esters (lactones) is 1. The molecule has 0 radical (unpaired) electrons. The molecular weight excluding hydrogens is 390 g/mol. The van der Waals surface area contributed by atoms with E-state index < -0.39 is 17.5 Å². The van der Waals surface area contributed by atoms with Gasteiger partial charge in [0.25, 0.3) is 5.60 Å². The highest BCUT2D eigenvalue weighted by Gasteiger charge is 2.58. The number of aromatic nitrogens is 1. The average molecular weight is 417 g/mol. The van der Waals surface area contributed by atoms with Crippen LogP contribution in [-0.4, -0.2) is 83.7 Å². The highest BCUT2D eigenvalue weighted by atomic mass is 16.7. The van der Waals surface area contributed by atoms with Gasteiger partial charge in [-0.3, -0.25) is 24.4 Å². The summed E-state index contributed by atoms with van der Waals surface area (Å²) in [5.41, 5.74) is -0.311. The van der Waals surface area contributed by atoms with Crippen LogP contribution in [0, 0.1) is 0 Å². The van der Waals surface area contributed by atoms with E-state index in [4.69, 9.17) is 14.2 Å². The van der Waals surface area contributed by atoms with E-state index in [1.165, 1.54) is 7.11 Å². The third-order valence-electron chi connectivity index (χ3n) is 6.19. The van der Waals surface area contributed by atoms with Gasteiger partial charge < -0.3 is 14.2 Å². The van der Waals surface area contributed by atoms with Crippen LogP contribution in [-0.2, 0) is 35.1 Å². The Morgan fingerprint density at radius 2 is 2.17 bits per heavy atom. The Morgan fingerprint density at radius 3 is 2.83 bits per heavy atom. The number of esters is 3. The molecule has 0 bridgehead atoms. The first-order valence-electron chi connectivity index (χ1n) is 10.3. The predicted molar refractivity (Wildman–Crippen MR) is 104 cm³/mol. The third-order valence-corrected chi connectivity index (χ3v) is 6.19. The van der Waals surface area contributed by atoms with Gasteiger partial charge >= 0.3 is 17.9 Å². The third kappa shape index (κ3) is 4.17. The van der Waals surface area contributed by atoms with E-state index in [9.17, 15) is 14.4 Å². The number of hydrogen-bond acceptors (Lipinski definition) is 9. The Bertz CT molecular complexity index is 803. The molecule has 30 heavy (non-hydrogen) atoms. The Morgan fingerprint density at radius 1 is 1.33 bits per heavy atom. The van der Waals surface area contributed by atoms with Crippen molar-refractivity contribution in [1.82, 2.24) is 14.8 Å². The van der Waals surface area contributed by atoms with Gasteiger partial charge in [0.05, 0.1) is 32.4 Å². The summed E-state index contributed by atoms with van der Waals surface area (Å²) in [6.07, 6.45) is 5.56. The molecule has 1 unspecified atom stereocenters. The smallest absolute Gasteiger partial charge is 0.355 e. The van der Waals surface area contributed by atoms with E-state index >= 15 is 0 Å². The molecule has 0 aromatic carbocycles. The summed E-state index contributed by atoms with van der Waals surface area (Å²) in [6.45, 7) is 1.20. The van der Waals surface area contributed by atoms with Crippen LogP contribution in [0.15, 0.2) is 24.4 Å². The molecule has 0 N–H and O–H groups in total.